The summed E-state index contributed by atoms with van der Waals surface area (Å²) in [6, 6.07) is 9.28. The number of aryl methyl sites for hydroxylation is 1. The van der Waals surface area contributed by atoms with E-state index in [-0.39, 0.29) is 5.56 Å². The lowest BCUT2D eigenvalue weighted by atomic mass is 10.2. The molecular weight excluding hydrogens is 284 g/mol. The van der Waals surface area contributed by atoms with Gasteiger partial charge in [0.25, 0.3) is 0 Å². The molecular formula is C13H9Cl2F3. The van der Waals surface area contributed by atoms with Gasteiger partial charge in [0.15, 0.2) is 17.5 Å². The lowest BCUT2D eigenvalue weighted by Gasteiger charge is -1.96. The van der Waals surface area contributed by atoms with Crippen molar-refractivity contribution in [3.05, 3.63) is 69.5 Å². The van der Waals surface area contributed by atoms with Crippen molar-refractivity contribution >= 4 is 23.2 Å². The van der Waals surface area contributed by atoms with E-state index in [9.17, 15) is 13.2 Å². The van der Waals surface area contributed by atoms with Crippen LogP contribution in [0.3, 0.4) is 0 Å². The van der Waals surface area contributed by atoms with Crippen molar-refractivity contribution in [2.75, 3.05) is 0 Å². The van der Waals surface area contributed by atoms with Crippen LogP contribution in [0.5, 0.6) is 0 Å². The van der Waals surface area contributed by atoms with Crippen molar-refractivity contribution in [3.63, 3.8) is 0 Å². The normalized spacial score (nSPS) is 9.67. The number of hydrogen-bond donors (Lipinski definition) is 0. The number of hydrogen-bond acceptors (Lipinski definition) is 0. The second-order valence-electron chi connectivity index (χ2n) is 3.41. The highest BCUT2D eigenvalue weighted by Crippen LogP contribution is 2.19. The zero-order chi connectivity index (χ0) is 13.7. The molecule has 2 aromatic carbocycles. The van der Waals surface area contributed by atoms with Gasteiger partial charge in [0.1, 0.15) is 0 Å². The minimum Gasteiger partial charge on any atom is -0.204 e. The Balaban J connectivity index is 0.000000184. The predicted octanol–water partition coefficient (Wildman–Crippen LogP) is 5.41. The van der Waals surface area contributed by atoms with Crippen LogP contribution in [0.25, 0.3) is 0 Å². The first-order valence-electron chi connectivity index (χ1n) is 4.93. The fraction of sp³-hybridized carbons (Fsp3) is 0.0769. The maximum absolute atomic E-state index is 12.4. The van der Waals surface area contributed by atoms with Crippen molar-refractivity contribution < 1.29 is 13.2 Å². The van der Waals surface area contributed by atoms with Gasteiger partial charge in [-0.05, 0) is 30.7 Å². The maximum Gasteiger partial charge on any atom is 0.194 e. The van der Waals surface area contributed by atoms with Crippen LogP contribution in [-0.2, 0) is 0 Å². The lowest BCUT2D eigenvalue weighted by Crippen LogP contribution is -1.92. The van der Waals surface area contributed by atoms with E-state index in [2.05, 4.69) is 0 Å². The molecule has 0 fully saturated rings. The Labute approximate surface area is 113 Å². The lowest BCUT2D eigenvalue weighted by molar-refractivity contribution is 0.443. The molecule has 0 aliphatic carbocycles. The highest BCUT2D eigenvalue weighted by atomic mass is 35.5. The summed E-state index contributed by atoms with van der Waals surface area (Å²) in [5, 5.41) is 1.21. The van der Waals surface area contributed by atoms with Crippen LogP contribution >= 0.6 is 23.2 Å². The highest BCUT2D eigenvalue weighted by molar-refractivity contribution is 6.41. The minimum absolute atomic E-state index is 0.110. The van der Waals surface area contributed by atoms with E-state index in [0.29, 0.717) is 10.0 Å². The molecule has 96 valence electrons. The zero-order valence-electron chi connectivity index (χ0n) is 9.35. The largest absolute Gasteiger partial charge is 0.204 e. The molecule has 0 atom stereocenters. The van der Waals surface area contributed by atoms with E-state index in [0.717, 1.165) is 6.07 Å². The molecule has 0 aliphatic rings. The van der Waals surface area contributed by atoms with Gasteiger partial charge < -0.3 is 0 Å². The minimum atomic E-state index is -1.40. The molecule has 0 unspecified atom stereocenters. The van der Waals surface area contributed by atoms with Gasteiger partial charge >= 0.3 is 0 Å². The van der Waals surface area contributed by atoms with E-state index < -0.39 is 17.5 Å². The van der Waals surface area contributed by atoms with Gasteiger partial charge in [0.2, 0.25) is 0 Å². The average molecular weight is 293 g/mol. The fourth-order valence-corrected chi connectivity index (χ4v) is 1.33. The molecule has 0 spiro atoms. The van der Waals surface area contributed by atoms with E-state index in [4.69, 9.17) is 23.2 Å². The summed E-state index contributed by atoms with van der Waals surface area (Å²) in [5.41, 5.74) is 0.110. The summed E-state index contributed by atoms with van der Waals surface area (Å²) in [6.07, 6.45) is 0. The quantitative estimate of drug-likeness (QED) is 0.570. The van der Waals surface area contributed by atoms with E-state index >= 15 is 0 Å². The van der Waals surface area contributed by atoms with Gasteiger partial charge in [-0.25, -0.2) is 13.2 Å². The summed E-state index contributed by atoms with van der Waals surface area (Å²) in [5.74, 6) is -3.66. The predicted molar refractivity (Wildman–Crippen MR) is 67.5 cm³/mol. The van der Waals surface area contributed by atoms with Crippen molar-refractivity contribution in [2.24, 2.45) is 0 Å². The highest BCUT2D eigenvalue weighted by Gasteiger charge is 2.09. The summed E-state index contributed by atoms with van der Waals surface area (Å²) >= 11 is 11.2. The Morgan fingerprint density at radius 3 is 1.67 bits per heavy atom. The summed E-state index contributed by atoms with van der Waals surface area (Å²) in [6.45, 7) is 1.37. The van der Waals surface area contributed by atoms with Crippen LogP contribution in [-0.4, -0.2) is 0 Å². The average Bonchev–Trinajstić information content (AvgIpc) is 2.36. The molecule has 0 saturated heterocycles. The molecule has 0 N–H and O–H groups in total. The SMILES string of the molecule is Cc1ccc(F)c(F)c1F.Clc1ccccc1Cl. The van der Waals surface area contributed by atoms with Crippen molar-refractivity contribution in [3.8, 4) is 0 Å². The third-order valence-electron chi connectivity index (χ3n) is 2.05. The van der Waals surface area contributed by atoms with E-state index in [1.54, 1.807) is 12.1 Å². The summed E-state index contributed by atoms with van der Waals surface area (Å²) in [7, 11) is 0. The van der Waals surface area contributed by atoms with Crippen LogP contribution in [0, 0.1) is 24.4 Å². The first-order valence-corrected chi connectivity index (χ1v) is 5.69. The first kappa shape index (κ1) is 14.9. The van der Waals surface area contributed by atoms with Crippen LogP contribution in [0.1, 0.15) is 5.56 Å². The number of rotatable bonds is 0. The van der Waals surface area contributed by atoms with Crippen LogP contribution in [0.2, 0.25) is 10.0 Å². The smallest absolute Gasteiger partial charge is 0.194 e. The zero-order valence-corrected chi connectivity index (χ0v) is 10.9. The van der Waals surface area contributed by atoms with Crippen LogP contribution in [0.15, 0.2) is 36.4 Å². The number of halogens is 5. The van der Waals surface area contributed by atoms with Gasteiger partial charge in [-0.1, -0.05) is 41.4 Å². The second kappa shape index (κ2) is 6.66. The van der Waals surface area contributed by atoms with Gasteiger partial charge in [-0.2, -0.15) is 0 Å². The third kappa shape index (κ3) is 3.93. The summed E-state index contributed by atoms with van der Waals surface area (Å²) in [4.78, 5) is 0. The Kier molecular flexibility index (Phi) is 5.51. The maximum atomic E-state index is 12.4. The Morgan fingerprint density at radius 2 is 1.28 bits per heavy atom. The molecule has 0 radical (unpaired) electrons. The van der Waals surface area contributed by atoms with Crippen LogP contribution in [0.4, 0.5) is 13.2 Å². The molecule has 2 rings (SSSR count). The van der Waals surface area contributed by atoms with E-state index in [1.165, 1.54) is 13.0 Å². The number of benzene rings is 2. The van der Waals surface area contributed by atoms with Gasteiger partial charge in [0.05, 0.1) is 10.0 Å². The Bertz CT molecular complexity index is 494. The van der Waals surface area contributed by atoms with Gasteiger partial charge in [0, 0.05) is 0 Å². The molecule has 2 aromatic rings. The fourth-order valence-electron chi connectivity index (χ4n) is 1.06. The monoisotopic (exact) mass is 292 g/mol. The van der Waals surface area contributed by atoms with Crippen molar-refractivity contribution in [2.45, 2.75) is 6.92 Å². The topological polar surface area (TPSA) is 0 Å². The second-order valence-corrected chi connectivity index (χ2v) is 4.22. The molecule has 0 aliphatic heterocycles. The van der Waals surface area contributed by atoms with Crippen molar-refractivity contribution in [1.29, 1.82) is 0 Å². The van der Waals surface area contributed by atoms with Gasteiger partial charge in [-0.3, -0.25) is 0 Å². The van der Waals surface area contributed by atoms with Crippen LogP contribution < -0.4 is 0 Å². The van der Waals surface area contributed by atoms with Gasteiger partial charge in [-0.15, -0.1) is 0 Å². The molecule has 5 heteroatoms. The molecule has 0 amide bonds. The molecule has 0 saturated carbocycles. The molecule has 0 heterocycles. The third-order valence-corrected chi connectivity index (χ3v) is 2.81. The first-order chi connectivity index (χ1) is 8.43. The molecule has 18 heavy (non-hydrogen) atoms. The standard InChI is InChI=1S/C7H5F3.C6H4Cl2/c1-4-2-3-5(8)7(10)6(4)9;7-5-3-1-2-4-6(5)8/h2-3H,1H3;1-4H. The Hall–Kier alpha value is -1.19. The summed E-state index contributed by atoms with van der Waals surface area (Å²) < 4.78 is 36.8. The molecule has 0 aromatic heterocycles. The molecule has 0 nitrogen and oxygen atoms in total. The van der Waals surface area contributed by atoms with Crippen molar-refractivity contribution in [1.82, 2.24) is 0 Å². The van der Waals surface area contributed by atoms with E-state index in [1.807, 2.05) is 12.1 Å². The molecule has 0 bridgehead atoms. The Morgan fingerprint density at radius 1 is 0.778 bits per heavy atom.